The minimum Gasteiger partial charge on any atom is -0.462 e. The maximum absolute atomic E-state index is 12.8. The Bertz CT molecular complexity index is 698. The molecule has 258 valence electrons. The molecule has 44 heavy (non-hydrogen) atoms. The topological polar surface area (TPSA) is 72.9 Å². The van der Waals surface area contributed by atoms with Gasteiger partial charge in [0.1, 0.15) is 12.7 Å². The normalized spacial score (nSPS) is 11.4. The van der Waals surface area contributed by atoms with E-state index in [1.54, 1.807) is 4.90 Å². The number of esters is 2. The van der Waals surface area contributed by atoms with Gasteiger partial charge >= 0.3 is 11.9 Å². The third-order valence-corrected chi connectivity index (χ3v) is 8.73. The lowest BCUT2D eigenvalue weighted by molar-refractivity contribution is -0.150. The van der Waals surface area contributed by atoms with Crippen molar-refractivity contribution < 1.29 is 23.9 Å². The van der Waals surface area contributed by atoms with Crippen LogP contribution in [0.4, 0.5) is 4.79 Å². The molecule has 0 radical (unpaired) electrons. The minimum atomic E-state index is -0.235. The van der Waals surface area contributed by atoms with Crippen LogP contribution in [0.5, 0.6) is 0 Å². The lowest BCUT2D eigenvalue weighted by atomic mass is 10.0. The Morgan fingerprint density at radius 2 is 1.11 bits per heavy atom. The van der Waals surface area contributed by atoms with Crippen molar-refractivity contribution in [3.63, 3.8) is 0 Å². The van der Waals surface area contributed by atoms with Crippen LogP contribution >= 0.6 is 11.8 Å². The summed E-state index contributed by atoms with van der Waals surface area (Å²) in [5, 5.41) is 0.00395. The number of unbranched alkanes of at least 4 members (excludes halogenated alkanes) is 14. The van der Waals surface area contributed by atoms with E-state index in [4.69, 9.17) is 9.47 Å². The Morgan fingerprint density at radius 1 is 0.614 bits per heavy atom. The highest BCUT2D eigenvalue weighted by Gasteiger charge is 2.17. The zero-order chi connectivity index (χ0) is 32.5. The number of amides is 1. The standard InChI is InChI=1S/C37H69NO5S/c1-5-9-12-15-18-21-24-33-42-35(39)29-25-31-38(37(41)44-8-4)32-26-30-36(40)43-34(27-22-19-16-13-10-6-2)28-23-20-17-14-11-7-3/h21,24,34H,5-20,22-23,25-33H2,1-4H3/b24-21-. The smallest absolute Gasteiger partial charge is 0.306 e. The molecular weight excluding hydrogens is 570 g/mol. The van der Waals surface area contributed by atoms with Crippen molar-refractivity contribution >= 4 is 28.9 Å². The van der Waals surface area contributed by atoms with Gasteiger partial charge in [-0.1, -0.05) is 135 Å². The summed E-state index contributed by atoms with van der Waals surface area (Å²) in [4.78, 5) is 39.4. The summed E-state index contributed by atoms with van der Waals surface area (Å²) < 4.78 is 11.3. The highest BCUT2D eigenvalue weighted by molar-refractivity contribution is 8.13. The van der Waals surface area contributed by atoms with Gasteiger partial charge in [-0.2, -0.15) is 0 Å². The predicted molar refractivity (Wildman–Crippen MR) is 188 cm³/mol. The molecule has 6 nitrogen and oxygen atoms in total. The number of hydrogen-bond acceptors (Lipinski definition) is 6. The van der Waals surface area contributed by atoms with Crippen molar-refractivity contribution in [3.8, 4) is 0 Å². The maximum atomic E-state index is 12.8. The van der Waals surface area contributed by atoms with E-state index in [2.05, 4.69) is 26.8 Å². The predicted octanol–water partition coefficient (Wildman–Crippen LogP) is 11.2. The van der Waals surface area contributed by atoms with Gasteiger partial charge in [0.05, 0.1) is 0 Å². The second-order valence-corrected chi connectivity index (χ2v) is 13.3. The van der Waals surface area contributed by atoms with Crippen LogP contribution in [0.2, 0.25) is 0 Å². The van der Waals surface area contributed by atoms with Crippen molar-refractivity contribution in [2.75, 3.05) is 25.4 Å². The molecule has 0 aromatic rings. The number of nitrogens with zero attached hydrogens (tertiary/aromatic N) is 1. The van der Waals surface area contributed by atoms with Gasteiger partial charge in [0.15, 0.2) is 0 Å². The molecule has 0 heterocycles. The molecule has 0 fully saturated rings. The number of carbonyl (C=O) groups excluding carboxylic acids is 3. The first-order chi connectivity index (χ1) is 21.5. The Labute approximate surface area is 276 Å². The quantitative estimate of drug-likeness (QED) is 0.0427. The molecule has 0 aromatic carbocycles. The van der Waals surface area contributed by atoms with Crippen LogP contribution in [0.1, 0.15) is 175 Å². The zero-order valence-corrected chi connectivity index (χ0v) is 30.0. The Hall–Kier alpha value is -1.50. The van der Waals surface area contributed by atoms with Crippen LogP contribution in [-0.2, 0) is 19.1 Å². The summed E-state index contributed by atoms with van der Waals surface area (Å²) in [5.41, 5.74) is 0. The molecular formula is C37H69NO5S. The SMILES string of the molecule is CCCCCC/C=C\COC(=O)CCCN(CCCC(=O)OC(CCCCCCCC)CCCCCCCC)C(=O)SCC. The Morgan fingerprint density at radius 3 is 1.66 bits per heavy atom. The fraction of sp³-hybridized carbons (Fsp3) is 0.865. The van der Waals surface area contributed by atoms with E-state index in [9.17, 15) is 14.4 Å². The van der Waals surface area contributed by atoms with Crippen LogP contribution in [0.25, 0.3) is 0 Å². The first kappa shape index (κ1) is 42.5. The van der Waals surface area contributed by atoms with E-state index in [1.807, 2.05) is 13.0 Å². The van der Waals surface area contributed by atoms with E-state index in [-0.39, 0.29) is 29.7 Å². The summed E-state index contributed by atoms with van der Waals surface area (Å²) in [5.74, 6) is 0.314. The third-order valence-electron chi connectivity index (χ3n) is 7.93. The van der Waals surface area contributed by atoms with Gasteiger partial charge < -0.3 is 14.4 Å². The number of carbonyl (C=O) groups is 3. The molecule has 0 atom stereocenters. The van der Waals surface area contributed by atoms with Crippen molar-refractivity contribution in [1.82, 2.24) is 4.90 Å². The van der Waals surface area contributed by atoms with Gasteiger partial charge in [-0.3, -0.25) is 14.4 Å². The van der Waals surface area contributed by atoms with E-state index in [0.717, 1.165) is 32.1 Å². The van der Waals surface area contributed by atoms with Crippen LogP contribution in [0.3, 0.4) is 0 Å². The molecule has 0 unspecified atom stereocenters. The van der Waals surface area contributed by atoms with Crippen molar-refractivity contribution in [3.05, 3.63) is 12.2 Å². The van der Waals surface area contributed by atoms with Crippen LogP contribution < -0.4 is 0 Å². The summed E-state index contributed by atoms with van der Waals surface area (Å²) in [6, 6.07) is 0. The van der Waals surface area contributed by atoms with Crippen molar-refractivity contribution in [2.24, 2.45) is 0 Å². The molecule has 0 saturated heterocycles. The molecule has 7 heteroatoms. The van der Waals surface area contributed by atoms with Crippen molar-refractivity contribution in [1.29, 1.82) is 0 Å². The molecule has 0 bridgehead atoms. The van der Waals surface area contributed by atoms with Gasteiger partial charge in [0, 0.05) is 25.9 Å². The second kappa shape index (κ2) is 32.9. The number of allylic oxidation sites excluding steroid dienone is 1. The van der Waals surface area contributed by atoms with Gasteiger partial charge in [-0.05, 0) is 57.1 Å². The van der Waals surface area contributed by atoms with E-state index < -0.39 is 0 Å². The highest BCUT2D eigenvalue weighted by Crippen LogP contribution is 2.18. The summed E-state index contributed by atoms with van der Waals surface area (Å²) in [6.45, 7) is 9.93. The first-order valence-electron chi connectivity index (χ1n) is 18.4. The molecule has 0 aliphatic rings. The molecule has 0 rings (SSSR count). The van der Waals surface area contributed by atoms with Crippen LogP contribution in [-0.4, -0.2) is 53.6 Å². The number of hydrogen-bond donors (Lipinski definition) is 0. The van der Waals surface area contributed by atoms with E-state index >= 15 is 0 Å². The number of thioether (sulfide) groups is 1. The Kier molecular flexibility index (Phi) is 31.8. The third kappa shape index (κ3) is 28.0. The molecule has 0 aromatic heterocycles. The Balaban J connectivity index is 4.53. The molecule has 0 aliphatic heterocycles. The summed E-state index contributed by atoms with van der Waals surface area (Å²) in [7, 11) is 0. The summed E-state index contributed by atoms with van der Waals surface area (Å²) in [6.07, 6.45) is 28.5. The molecule has 1 amide bonds. The van der Waals surface area contributed by atoms with E-state index in [1.165, 1.54) is 102 Å². The highest BCUT2D eigenvalue weighted by atomic mass is 32.2. The van der Waals surface area contributed by atoms with Gasteiger partial charge in [0.2, 0.25) is 0 Å². The number of ether oxygens (including phenoxy) is 2. The van der Waals surface area contributed by atoms with E-state index in [0.29, 0.717) is 44.7 Å². The van der Waals surface area contributed by atoms with Gasteiger partial charge in [0.25, 0.3) is 5.24 Å². The molecule has 0 saturated carbocycles. The lowest BCUT2D eigenvalue weighted by Gasteiger charge is -2.22. The minimum absolute atomic E-state index is 0.00395. The van der Waals surface area contributed by atoms with Gasteiger partial charge in [-0.15, -0.1) is 0 Å². The average Bonchev–Trinajstić information content (AvgIpc) is 3.01. The van der Waals surface area contributed by atoms with Gasteiger partial charge in [-0.25, -0.2) is 0 Å². The van der Waals surface area contributed by atoms with Crippen molar-refractivity contribution in [2.45, 2.75) is 181 Å². The first-order valence-corrected chi connectivity index (χ1v) is 19.4. The van der Waals surface area contributed by atoms with Crippen LogP contribution in [0, 0.1) is 0 Å². The number of rotatable bonds is 31. The average molecular weight is 640 g/mol. The maximum Gasteiger partial charge on any atom is 0.306 e. The fourth-order valence-electron chi connectivity index (χ4n) is 5.24. The summed E-state index contributed by atoms with van der Waals surface area (Å²) >= 11 is 1.27. The molecule has 0 N–H and O–H groups in total. The molecule has 0 aliphatic carbocycles. The largest absolute Gasteiger partial charge is 0.462 e. The second-order valence-electron chi connectivity index (χ2n) is 12.1. The monoisotopic (exact) mass is 639 g/mol. The lowest BCUT2D eigenvalue weighted by Crippen LogP contribution is -2.31. The fourth-order valence-corrected chi connectivity index (χ4v) is 5.85. The zero-order valence-electron chi connectivity index (χ0n) is 29.2. The van der Waals surface area contributed by atoms with Crippen LogP contribution in [0.15, 0.2) is 12.2 Å². The molecule has 0 spiro atoms.